The van der Waals surface area contributed by atoms with E-state index in [0.717, 1.165) is 5.69 Å². The lowest BCUT2D eigenvalue weighted by molar-refractivity contribution is -0.131. The average Bonchev–Trinajstić information content (AvgIpc) is 2.41. The Morgan fingerprint density at radius 2 is 2.42 bits per heavy atom. The van der Waals surface area contributed by atoms with E-state index < -0.39 is 0 Å². The van der Waals surface area contributed by atoms with E-state index in [1.165, 1.54) is 0 Å². The Kier molecular flexibility index (Phi) is 4.71. The van der Waals surface area contributed by atoms with Crippen LogP contribution in [0.2, 0.25) is 5.02 Å². The van der Waals surface area contributed by atoms with Crippen LogP contribution >= 0.6 is 11.6 Å². The second kappa shape index (κ2) is 6.50. The minimum absolute atomic E-state index is 0.0384. The van der Waals surface area contributed by atoms with Gasteiger partial charge < -0.3 is 9.64 Å². The Morgan fingerprint density at radius 3 is 3.05 bits per heavy atom. The van der Waals surface area contributed by atoms with E-state index in [9.17, 15) is 4.79 Å². The van der Waals surface area contributed by atoms with Crippen molar-refractivity contribution in [1.29, 1.82) is 0 Å². The van der Waals surface area contributed by atoms with Crippen LogP contribution in [0.15, 0.2) is 43.3 Å². The van der Waals surface area contributed by atoms with E-state index >= 15 is 0 Å². The van der Waals surface area contributed by atoms with Crippen molar-refractivity contribution in [3.8, 4) is 0 Å². The molecule has 1 amide bonds. The number of carbonyl (C=O) groups is 1. The molecule has 2 heterocycles. The summed E-state index contributed by atoms with van der Waals surface area (Å²) in [4.78, 5) is 17.5. The van der Waals surface area contributed by atoms with Crippen LogP contribution in [0, 0.1) is 0 Å². The van der Waals surface area contributed by atoms with Crippen LogP contribution in [0.5, 0.6) is 0 Å². The molecule has 19 heavy (non-hydrogen) atoms. The fourth-order valence-corrected chi connectivity index (χ4v) is 1.85. The third-order valence-electron chi connectivity index (χ3n) is 2.74. The summed E-state index contributed by atoms with van der Waals surface area (Å²) in [5, 5.41) is 0.594. The van der Waals surface area contributed by atoms with Gasteiger partial charge in [0, 0.05) is 18.9 Å². The molecular weight excluding hydrogens is 264 g/mol. The van der Waals surface area contributed by atoms with Gasteiger partial charge in [-0.05, 0) is 18.2 Å². The number of ether oxygens (including phenoxy) is 1. The summed E-state index contributed by atoms with van der Waals surface area (Å²) >= 11 is 5.75. The second-order valence-corrected chi connectivity index (χ2v) is 4.63. The van der Waals surface area contributed by atoms with E-state index in [0.29, 0.717) is 24.6 Å². The fourth-order valence-electron chi connectivity index (χ4n) is 1.74. The minimum atomic E-state index is -0.203. The van der Waals surface area contributed by atoms with Gasteiger partial charge in [0.1, 0.15) is 0 Å². The molecule has 1 aromatic heterocycles. The third kappa shape index (κ3) is 3.91. The molecule has 1 unspecified atom stereocenters. The Balaban J connectivity index is 1.87. The van der Waals surface area contributed by atoms with Gasteiger partial charge in [-0.25, -0.2) is 0 Å². The van der Waals surface area contributed by atoms with Crippen molar-refractivity contribution in [2.24, 2.45) is 0 Å². The number of rotatable bonds is 5. The maximum atomic E-state index is 11.8. The van der Waals surface area contributed by atoms with E-state index in [1.807, 2.05) is 6.08 Å². The Labute approximate surface area is 117 Å². The third-order valence-corrected chi connectivity index (χ3v) is 2.96. The molecule has 0 saturated heterocycles. The van der Waals surface area contributed by atoms with Crippen molar-refractivity contribution in [2.45, 2.75) is 19.1 Å². The predicted molar refractivity (Wildman–Crippen MR) is 73.5 cm³/mol. The Hall–Kier alpha value is -1.65. The summed E-state index contributed by atoms with van der Waals surface area (Å²) in [6.45, 7) is 4.50. The van der Waals surface area contributed by atoms with Gasteiger partial charge in [-0.3, -0.25) is 9.78 Å². The first kappa shape index (κ1) is 13.8. The predicted octanol–water partition coefficient (Wildman–Crippen LogP) is 2.55. The van der Waals surface area contributed by atoms with E-state index in [1.54, 1.807) is 35.5 Å². The lowest BCUT2D eigenvalue weighted by atomic mass is 10.1. The molecule has 0 N–H and O–H groups in total. The largest absolute Gasteiger partial charge is 0.367 e. The van der Waals surface area contributed by atoms with Crippen molar-refractivity contribution < 1.29 is 9.53 Å². The molecule has 0 aliphatic carbocycles. The molecule has 0 spiro atoms. The first-order valence-corrected chi connectivity index (χ1v) is 6.37. The van der Waals surface area contributed by atoms with Crippen LogP contribution in [0.25, 0.3) is 0 Å². The summed E-state index contributed by atoms with van der Waals surface area (Å²) in [7, 11) is 0. The van der Waals surface area contributed by atoms with Gasteiger partial charge in [-0.2, -0.15) is 0 Å². The van der Waals surface area contributed by atoms with Crippen LogP contribution in [0.1, 0.15) is 12.1 Å². The number of nitrogens with zero attached hydrogens (tertiary/aromatic N) is 2. The zero-order valence-electron chi connectivity index (χ0n) is 10.5. The molecule has 100 valence electrons. The number of halogens is 1. The Bertz CT molecular complexity index is 485. The number of amides is 1. The summed E-state index contributed by atoms with van der Waals surface area (Å²) in [5.74, 6) is 0.0384. The smallest absolute Gasteiger partial charge is 0.229 e. The normalized spacial score (nSPS) is 18.7. The summed E-state index contributed by atoms with van der Waals surface area (Å²) < 4.78 is 5.64. The van der Waals surface area contributed by atoms with Gasteiger partial charge in [-0.15, -0.1) is 6.58 Å². The maximum absolute atomic E-state index is 11.8. The van der Waals surface area contributed by atoms with Gasteiger partial charge in [0.15, 0.2) is 0 Å². The lowest BCUT2D eigenvalue weighted by Gasteiger charge is -2.25. The van der Waals surface area contributed by atoms with Gasteiger partial charge in [0.25, 0.3) is 0 Å². The van der Waals surface area contributed by atoms with Gasteiger partial charge >= 0.3 is 0 Å². The van der Waals surface area contributed by atoms with Crippen LogP contribution in [-0.4, -0.2) is 28.4 Å². The number of hydrogen-bond donors (Lipinski definition) is 0. The molecule has 0 bridgehead atoms. The van der Waals surface area contributed by atoms with Gasteiger partial charge in [-0.1, -0.05) is 17.7 Å². The van der Waals surface area contributed by atoms with Crippen LogP contribution in [-0.2, 0) is 16.1 Å². The highest BCUT2D eigenvalue weighted by molar-refractivity contribution is 6.30. The monoisotopic (exact) mass is 278 g/mol. The van der Waals surface area contributed by atoms with Gasteiger partial charge in [0.05, 0.1) is 29.8 Å². The van der Waals surface area contributed by atoms with Crippen molar-refractivity contribution >= 4 is 17.5 Å². The SMILES string of the molecule is C=CCN1C=CC(OCc2ccc(Cl)cn2)CC1=O. The molecule has 1 atom stereocenters. The van der Waals surface area contributed by atoms with Crippen LogP contribution < -0.4 is 0 Å². The molecule has 0 radical (unpaired) electrons. The molecule has 0 aromatic carbocycles. The molecular formula is C14H15ClN2O2. The quantitative estimate of drug-likeness (QED) is 0.778. The maximum Gasteiger partial charge on any atom is 0.229 e. The van der Waals surface area contributed by atoms with E-state index in [4.69, 9.17) is 16.3 Å². The number of aromatic nitrogens is 1. The highest BCUT2D eigenvalue weighted by Crippen LogP contribution is 2.14. The number of pyridine rings is 1. The summed E-state index contributed by atoms with van der Waals surface area (Å²) in [6, 6.07) is 3.57. The molecule has 0 saturated carbocycles. The first-order valence-electron chi connectivity index (χ1n) is 6.00. The van der Waals surface area contributed by atoms with Gasteiger partial charge in [0.2, 0.25) is 5.91 Å². The lowest BCUT2D eigenvalue weighted by Crippen LogP contribution is -2.33. The van der Waals surface area contributed by atoms with E-state index in [-0.39, 0.29) is 12.0 Å². The molecule has 0 fully saturated rings. The molecule has 1 aliphatic rings. The average molecular weight is 279 g/mol. The fraction of sp³-hybridized carbons (Fsp3) is 0.286. The molecule has 1 aromatic rings. The van der Waals surface area contributed by atoms with Crippen LogP contribution in [0.3, 0.4) is 0 Å². The number of hydrogen-bond acceptors (Lipinski definition) is 3. The van der Waals surface area contributed by atoms with E-state index in [2.05, 4.69) is 11.6 Å². The Morgan fingerprint density at radius 1 is 1.58 bits per heavy atom. The van der Waals surface area contributed by atoms with Crippen molar-refractivity contribution in [2.75, 3.05) is 6.54 Å². The second-order valence-electron chi connectivity index (χ2n) is 4.20. The number of carbonyl (C=O) groups excluding carboxylic acids is 1. The van der Waals surface area contributed by atoms with Crippen molar-refractivity contribution in [1.82, 2.24) is 9.88 Å². The minimum Gasteiger partial charge on any atom is -0.367 e. The zero-order chi connectivity index (χ0) is 13.7. The molecule has 1 aliphatic heterocycles. The molecule has 4 nitrogen and oxygen atoms in total. The summed E-state index contributed by atoms with van der Waals surface area (Å²) in [5.41, 5.74) is 0.791. The zero-order valence-corrected chi connectivity index (χ0v) is 11.2. The summed E-state index contributed by atoms with van der Waals surface area (Å²) in [6.07, 6.45) is 7.03. The first-order chi connectivity index (χ1) is 9.19. The highest BCUT2D eigenvalue weighted by Gasteiger charge is 2.20. The molecule has 5 heteroatoms. The highest BCUT2D eigenvalue weighted by atomic mass is 35.5. The van der Waals surface area contributed by atoms with Crippen molar-refractivity contribution in [3.63, 3.8) is 0 Å². The standard InChI is InChI=1S/C14H15ClN2O2/c1-2-6-17-7-5-13(8-14(17)18)19-10-12-4-3-11(15)9-16-12/h2-5,7,9,13H,1,6,8,10H2. The molecule has 2 rings (SSSR count). The van der Waals surface area contributed by atoms with Crippen LogP contribution in [0.4, 0.5) is 0 Å². The van der Waals surface area contributed by atoms with Crippen molar-refractivity contribution in [3.05, 3.63) is 54.0 Å². The topological polar surface area (TPSA) is 42.4 Å².